The molecule has 6 heteroatoms. The summed E-state index contributed by atoms with van der Waals surface area (Å²) in [6.45, 7) is 5.85. The van der Waals surface area contributed by atoms with E-state index in [0.717, 1.165) is 35.2 Å². The average molecular weight is 435 g/mol. The van der Waals surface area contributed by atoms with Crippen molar-refractivity contribution in [2.45, 2.75) is 39.2 Å². The number of anilines is 1. The first-order chi connectivity index (χ1) is 15.2. The van der Waals surface area contributed by atoms with Crippen molar-refractivity contribution >= 4 is 17.4 Å². The van der Waals surface area contributed by atoms with E-state index in [-0.39, 0.29) is 5.78 Å². The Hall–Kier alpha value is -3.54. The molecule has 0 radical (unpaired) electrons. The van der Waals surface area contributed by atoms with Crippen molar-refractivity contribution < 1.29 is 23.1 Å². The Balaban J connectivity index is 1.61. The summed E-state index contributed by atoms with van der Waals surface area (Å²) in [5.74, 6) is -2.02. The number of rotatable bonds is 4. The predicted molar refractivity (Wildman–Crippen MR) is 119 cm³/mol. The van der Waals surface area contributed by atoms with Gasteiger partial charge in [-0.1, -0.05) is 31.2 Å². The van der Waals surface area contributed by atoms with Crippen LogP contribution in [0.4, 0.5) is 14.5 Å². The van der Waals surface area contributed by atoms with E-state index < -0.39 is 28.7 Å². The summed E-state index contributed by atoms with van der Waals surface area (Å²) in [5.41, 5.74) is 2.47. The van der Waals surface area contributed by atoms with Crippen LogP contribution in [0, 0.1) is 18.6 Å². The smallest absolute Gasteiger partial charge is 0.261 e. The molecular formula is C26H23F2NO3. The standard InChI is InChI=1S/C26H23F2NO3/c1-4-26(3)14-22(30)19-13-12-18(15(2)24(19)32-26)16-8-10-17(11-9-16)29-25(31)23-20(27)6-5-7-21(23)28/h5-13H,4,14H2,1-3H3,(H,29,31). The van der Waals surface area contributed by atoms with Crippen LogP contribution in [-0.2, 0) is 0 Å². The normalized spacial score (nSPS) is 17.5. The summed E-state index contributed by atoms with van der Waals surface area (Å²) in [6.07, 6.45) is 1.07. The van der Waals surface area contributed by atoms with Crippen LogP contribution in [0.25, 0.3) is 11.1 Å². The van der Waals surface area contributed by atoms with E-state index >= 15 is 0 Å². The fourth-order valence-electron chi connectivity index (χ4n) is 3.91. The minimum Gasteiger partial charge on any atom is -0.486 e. The van der Waals surface area contributed by atoms with Gasteiger partial charge in [0.25, 0.3) is 5.91 Å². The number of ketones is 1. The van der Waals surface area contributed by atoms with E-state index in [1.807, 2.05) is 26.8 Å². The van der Waals surface area contributed by atoms with Gasteiger partial charge < -0.3 is 10.1 Å². The molecule has 3 aromatic rings. The van der Waals surface area contributed by atoms with Crippen LogP contribution >= 0.6 is 0 Å². The molecule has 0 fully saturated rings. The number of Topliss-reactive ketones (excluding diaryl/α,β-unsaturated/α-hetero) is 1. The Kier molecular flexibility index (Phi) is 5.55. The molecule has 0 saturated heterocycles. The summed E-state index contributed by atoms with van der Waals surface area (Å²) in [7, 11) is 0. The van der Waals surface area contributed by atoms with Gasteiger partial charge in [-0.15, -0.1) is 0 Å². The van der Waals surface area contributed by atoms with Crippen LogP contribution in [0.1, 0.15) is 53.0 Å². The first-order valence-electron chi connectivity index (χ1n) is 10.4. The molecule has 1 N–H and O–H groups in total. The number of fused-ring (bicyclic) bond motifs is 1. The second kappa shape index (κ2) is 8.19. The monoisotopic (exact) mass is 435 g/mol. The van der Waals surface area contributed by atoms with Gasteiger partial charge in [0.05, 0.1) is 12.0 Å². The number of halogens is 2. The fourth-order valence-corrected chi connectivity index (χ4v) is 3.91. The molecule has 1 aliphatic heterocycles. The van der Waals surface area contributed by atoms with Crippen molar-refractivity contribution in [3.8, 4) is 16.9 Å². The third kappa shape index (κ3) is 3.88. The highest BCUT2D eigenvalue weighted by atomic mass is 19.1. The van der Waals surface area contributed by atoms with Gasteiger partial charge in [0.1, 0.15) is 28.5 Å². The maximum Gasteiger partial charge on any atom is 0.261 e. The number of hydrogen-bond donors (Lipinski definition) is 1. The van der Waals surface area contributed by atoms with Crippen LogP contribution in [0.5, 0.6) is 5.75 Å². The Bertz CT molecular complexity index is 1200. The van der Waals surface area contributed by atoms with E-state index in [1.54, 1.807) is 30.3 Å². The number of benzene rings is 3. The summed E-state index contributed by atoms with van der Waals surface area (Å²) >= 11 is 0. The Labute approximate surface area is 185 Å². The summed E-state index contributed by atoms with van der Waals surface area (Å²) in [6, 6.07) is 13.9. The zero-order valence-electron chi connectivity index (χ0n) is 18.1. The fraction of sp³-hybridized carbons (Fsp3) is 0.231. The van der Waals surface area contributed by atoms with Crippen LogP contribution in [-0.4, -0.2) is 17.3 Å². The van der Waals surface area contributed by atoms with Crippen molar-refractivity contribution in [1.82, 2.24) is 0 Å². The molecule has 1 heterocycles. The number of hydrogen-bond acceptors (Lipinski definition) is 3. The van der Waals surface area contributed by atoms with Gasteiger partial charge in [-0.3, -0.25) is 9.59 Å². The molecule has 32 heavy (non-hydrogen) atoms. The Morgan fingerprint density at radius 3 is 2.28 bits per heavy atom. The minimum absolute atomic E-state index is 0.0729. The van der Waals surface area contributed by atoms with Gasteiger partial charge in [0.15, 0.2) is 5.78 Å². The number of nitrogens with one attached hydrogen (secondary N) is 1. The van der Waals surface area contributed by atoms with Gasteiger partial charge in [-0.05, 0) is 67.3 Å². The largest absolute Gasteiger partial charge is 0.486 e. The molecule has 1 unspecified atom stereocenters. The highest BCUT2D eigenvalue weighted by Crippen LogP contribution is 2.41. The second-order valence-electron chi connectivity index (χ2n) is 8.25. The lowest BCUT2D eigenvalue weighted by Gasteiger charge is -2.35. The van der Waals surface area contributed by atoms with Crippen LogP contribution in [0.2, 0.25) is 0 Å². The first kappa shape index (κ1) is 21.7. The second-order valence-corrected chi connectivity index (χ2v) is 8.25. The van der Waals surface area contributed by atoms with E-state index in [0.29, 0.717) is 23.4 Å². The van der Waals surface area contributed by atoms with Crippen molar-refractivity contribution in [2.75, 3.05) is 5.32 Å². The molecule has 1 amide bonds. The summed E-state index contributed by atoms with van der Waals surface area (Å²) < 4.78 is 33.9. The molecule has 0 aromatic heterocycles. The highest BCUT2D eigenvalue weighted by molar-refractivity contribution is 6.05. The molecule has 1 aliphatic rings. The molecular weight excluding hydrogens is 412 g/mol. The first-order valence-corrected chi connectivity index (χ1v) is 10.4. The van der Waals surface area contributed by atoms with Crippen LogP contribution in [0.15, 0.2) is 54.6 Å². The molecule has 0 spiro atoms. The maximum absolute atomic E-state index is 13.8. The van der Waals surface area contributed by atoms with Crippen molar-refractivity contribution in [1.29, 1.82) is 0 Å². The van der Waals surface area contributed by atoms with Crippen LogP contribution < -0.4 is 10.1 Å². The number of ether oxygens (including phenoxy) is 1. The van der Waals surface area contributed by atoms with E-state index in [1.165, 1.54) is 6.07 Å². The van der Waals surface area contributed by atoms with Gasteiger partial charge >= 0.3 is 0 Å². The number of carbonyl (C=O) groups excluding carboxylic acids is 2. The van der Waals surface area contributed by atoms with Gasteiger partial charge in [-0.25, -0.2) is 8.78 Å². The Morgan fingerprint density at radius 2 is 1.66 bits per heavy atom. The SMILES string of the molecule is CCC1(C)CC(=O)c2ccc(-c3ccc(NC(=O)c4c(F)cccc4F)cc3)c(C)c2O1. The maximum atomic E-state index is 13.8. The third-order valence-corrected chi connectivity index (χ3v) is 5.98. The summed E-state index contributed by atoms with van der Waals surface area (Å²) in [5, 5.41) is 2.52. The molecule has 0 saturated carbocycles. The van der Waals surface area contributed by atoms with Crippen LogP contribution in [0.3, 0.4) is 0 Å². The molecule has 1 atom stereocenters. The van der Waals surface area contributed by atoms with Crippen molar-refractivity contribution in [3.05, 3.63) is 82.9 Å². The van der Waals surface area contributed by atoms with E-state index in [4.69, 9.17) is 4.74 Å². The van der Waals surface area contributed by atoms with Gasteiger partial charge in [0.2, 0.25) is 0 Å². The molecule has 164 valence electrons. The molecule has 0 aliphatic carbocycles. The molecule has 3 aromatic carbocycles. The minimum atomic E-state index is -0.919. The van der Waals surface area contributed by atoms with E-state index in [9.17, 15) is 18.4 Å². The van der Waals surface area contributed by atoms with Gasteiger partial charge in [0, 0.05) is 5.69 Å². The molecule has 4 rings (SSSR count). The average Bonchev–Trinajstić information content (AvgIpc) is 2.75. The van der Waals surface area contributed by atoms with Crippen molar-refractivity contribution in [3.63, 3.8) is 0 Å². The molecule has 0 bridgehead atoms. The topological polar surface area (TPSA) is 55.4 Å². The summed E-state index contributed by atoms with van der Waals surface area (Å²) in [4.78, 5) is 24.9. The lowest BCUT2D eigenvalue weighted by molar-refractivity contribution is 0.0494. The molecule has 4 nitrogen and oxygen atoms in total. The van der Waals surface area contributed by atoms with E-state index in [2.05, 4.69) is 5.32 Å². The quantitative estimate of drug-likeness (QED) is 0.521. The highest BCUT2D eigenvalue weighted by Gasteiger charge is 2.36. The lowest BCUT2D eigenvalue weighted by Crippen LogP contribution is -2.38. The zero-order valence-corrected chi connectivity index (χ0v) is 18.1. The zero-order chi connectivity index (χ0) is 23.0. The van der Waals surface area contributed by atoms with Crippen molar-refractivity contribution in [2.24, 2.45) is 0 Å². The van der Waals surface area contributed by atoms with Gasteiger partial charge in [-0.2, -0.15) is 0 Å². The number of carbonyl (C=O) groups is 2. The third-order valence-electron chi connectivity index (χ3n) is 5.98. The lowest BCUT2D eigenvalue weighted by atomic mass is 9.86. The Morgan fingerprint density at radius 1 is 1.03 bits per heavy atom. The number of amides is 1. The predicted octanol–water partition coefficient (Wildman–Crippen LogP) is 6.33.